The average Bonchev–Trinajstić information content (AvgIpc) is 3.58. The maximum absolute atomic E-state index is 12.5. The minimum absolute atomic E-state index is 0.0755. The van der Waals surface area contributed by atoms with E-state index in [1.807, 2.05) is 18.2 Å². The third-order valence-electron chi connectivity index (χ3n) is 5.99. The largest absolute Gasteiger partial charge is 0.335 e. The Morgan fingerprint density at radius 3 is 2.78 bits per heavy atom. The number of fused-ring (bicyclic) bond motifs is 2. The Kier molecular flexibility index (Phi) is 4.38. The summed E-state index contributed by atoms with van der Waals surface area (Å²) in [4.78, 5) is 33.4. The van der Waals surface area contributed by atoms with Gasteiger partial charge in [0.15, 0.2) is 11.5 Å². The van der Waals surface area contributed by atoms with Gasteiger partial charge in [-0.15, -0.1) is 0 Å². The van der Waals surface area contributed by atoms with Gasteiger partial charge in [-0.1, -0.05) is 12.8 Å². The molecule has 6 rings (SSSR count). The maximum atomic E-state index is 12.5. The smallest absolute Gasteiger partial charge is 0.227 e. The monoisotopic (exact) mass is 424 g/mol. The molecule has 0 radical (unpaired) electrons. The quantitative estimate of drug-likeness (QED) is 0.399. The highest BCUT2D eigenvalue weighted by Gasteiger charge is 2.22. The van der Waals surface area contributed by atoms with Crippen molar-refractivity contribution in [3.63, 3.8) is 0 Å². The number of nitrogens with one attached hydrogen (secondary N) is 3. The molecule has 0 aliphatic heterocycles. The van der Waals surface area contributed by atoms with E-state index in [0.717, 1.165) is 53.2 Å². The highest BCUT2D eigenvalue weighted by Crippen LogP contribution is 2.30. The zero-order valence-electron chi connectivity index (χ0n) is 17.2. The Bertz CT molecular complexity index is 1410. The molecule has 158 valence electrons. The van der Waals surface area contributed by atoms with Crippen LogP contribution in [0.3, 0.4) is 0 Å². The standard InChI is InChI=1S/C23H20N8O/c32-23(13-3-1-2-4-13)27-16-7-14(9-25-11-16)15-8-17-20(30-31-21(17)26-10-15)22-28-18-5-6-24-12-19(18)29-22/h5-13H,1-4H2,(H,27,32)(H,28,29)(H,26,30,31). The Hall–Kier alpha value is -4.14. The van der Waals surface area contributed by atoms with Crippen LogP contribution >= 0.6 is 0 Å². The van der Waals surface area contributed by atoms with E-state index in [4.69, 9.17) is 0 Å². The summed E-state index contributed by atoms with van der Waals surface area (Å²) in [5.74, 6) is 0.824. The Balaban J connectivity index is 1.35. The van der Waals surface area contributed by atoms with Crippen molar-refractivity contribution in [2.75, 3.05) is 5.32 Å². The van der Waals surface area contributed by atoms with Gasteiger partial charge in [-0.05, 0) is 31.0 Å². The normalized spacial score (nSPS) is 14.4. The van der Waals surface area contributed by atoms with Crippen molar-refractivity contribution in [2.24, 2.45) is 5.92 Å². The van der Waals surface area contributed by atoms with Gasteiger partial charge < -0.3 is 10.3 Å². The van der Waals surface area contributed by atoms with Crippen LogP contribution in [0, 0.1) is 5.92 Å². The van der Waals surface area contributed by atoms with Crippen LogP contribution in [0.5, 0.6) is 0 Å². The van der Waals surface area contributed by atoms with Crippen LogP contribution in [-0.4, -0.2) is 41.0 Å². The van der Waals surface area contributed by atoms with Crippen LogP contribution in [0.2, 0.25) is 0 Å². The van der Waals surface area contributed by atoms with Crippen molar-refractivity contribution in [1.29, 1.82) is 0 Å². The van der Waals surface area contributed by atoms with E-state index >= 15 is 0 Å². The Morgan fingerprint density at radius 2 is 1.91 bits per heavy atom. The molecule has 9 nitrogen and oxygen atoms in total. The highest BCUT2D eigenvalue weighted by atomic mass is 16.1. The molecule has 0 spiro atoms. The number of rotatable bonds is 4. The lowest BCUT2D eigenvalue weighted by molar-refractivity contribution is -0.119. The zero-order valence-corrected chi connectivity index (χ0v) is 17.2. The maximum Gasteiger partial charge on any atom is 0.227 e. The number of amides is 1. The van der Waals surface area contributed by atoms with Crippen molar-refractivity contribution in [2.45, 2.75) is 25.7 Å². The number of carbonyl (C=O) groups excluding carboxylic acids is 1. The van der Waals surface area contributed by atoms with Crippen molar-refractivity contribution in [3.05, 3.63) is 49.2 Å². The third kappa shape index (κ3) is 3.27. The SMILES string of the molecule is O=C(Nc1cncc(-c2cnc3[nH]nc(-c4nc5ccncc5[nH]4)c3c2)c1)C1CCCC1. The van der Waals surface area contributed by atoms with Crippen LogP contribution in [0.25, 0.3) is 44.7 Å². The molecule has 1 amide bonds. The van der Waals surface area contributed by atoms with Crippen molar-refractivity contribution in [1.82, 2.24) is 35.1 Å². The molecule has 1 fully saturated rings. The number of imidazole rings is 1. The topological polar surface area (TPSA) is 125 Å². The van der Waals surface area contributed by atoms with Crippen LogP contribution in [-0.2, 0) is 4.79 Å². The van der Waals surface area contributed by atoms with E-state index in [2.05, 4.69) is 40.4 Å². The number of aromatic amines is 2. The summed E-state index contributed by atoms with van der Waals surface area (Å²) < 4.78 is 0. The summed E-state index contributed by atoms with van der Waals surface area (Å²) in [6.45, 7) is 0. The fourth-order valence-corrected chi connectivity index (χ4v) is 4.31. The second kappa shape index (κ2) is 7.52. The molecular formula is C23H20N8O. The average molecular weight is 424 g/mol. The summed E-state index contributed by atoms with van der Waals surface area (Å²) >= 11 is 0. The predicted octanol–water partition coefficient (Wildman–Crippen LogP) is 4.09. The van der Waals surface area contributed by atoms with Gasteiger partial charge in [0.05, 0.1) is 34.5 Å². The third-order valence-corrected chi connectivity index (χ3v) is 5.99. The summed E-state index contributed by atoms with van der Waals surface area (Å²) in [6, 6.07) is 5.78. The van der Waals surface area contributed by atoms with Gasteiger partial charge in [-0.3, -0.25) is 19.9 Å². The number of aromatic nitrogens is 7. The first-order valence-corrected chi connectivity index (χ1v) is 10.6. The molecule has 0 saturated heterocycles. The van der Waals surface area contributed by atoms with E-state index < -0.39 is 0 Å². The van der Waals surface area contributed by atoms with Crippen molar-refractivity contribution < 1.29 is 4.79 Å². The molecule has 5 aromatic rings. The number of nitrogens with zero attached hydrogens (tertiary/aromatic N) is 5. The molecule has 0 aromatic carbocycles. The number of pyridine rings is 3. The fraction of sp³-hybridized carbons (Fsp3) is 0.217. The summed E-state index contributed by atoms with van der Waals surface area (Å²) in [7, 11) is 0. The first-order valence-electron chi connectivity index (χ1n) is 10.6. The van der Waals surface area contributed by atoms with Gasteiger partial charge in [0, 0.05) is 35.6 Å². The summed E-state index contributed by atoms with van der Waals surface area (Å²) in [5, 5.41) is 11.3. The van der Waals surface area contributed by atoms with Gasteiger partial charge >= 0.3 is 0 Å². The molecule has 3 N–H and O–H groups in total. The zero-order chi connectivity index (χ0) is 21.5. The molecule has 1 aliphatic carbocycles. The van der Waals surface area contributed by atoms with E-state index in [0.29, 0.717) is 22.9 Å². The minimum atomic E-state index is 0.0755. The molecular weight excluding hydrogens is 404 g/mol. The van der Waals surface area contributed by atoms with E-state index in [-0.39, 0.29) is 11.8 Å². The van der Waals surface area contributed by atoms with Crippen LogP contribution < -0.4 is 5.32 Å². The van der Waals surface area contributed by atoms with E-state index in [1.54, 1.807) is 31.0 Å². The second-order valence-electron chi connectivity index (χ2n) is 8.10. The van der Waals surface area contributed by atoms with Crippen LogP contribution in [0.1, 0.15) is 25.7 Å². The van der Waals surface area contributed by atoms with Gasteiger partial charge in [0.1, 0.15) is 5.69 Å². The highest BCUT2D eigenvalue weighted by molar-refractivity contribution is 5.95. The van der Waals surface area contributed by atoms with Crippen LogP contribution in [0.15, 0.2) is 49.2 Å². The lowest BCUT2D eigenvalue weighted by atomic mass is 10.1. The van der Waals surface area contributed by atoms with E-state index in [1.165, 1.54) is 0 Å². The van der Waals surface area contributed by atoms with E-state index in [9.17, 15) is 4.79 Å². The summed E-state index contributed by atoms with van der Waals surface area (Å²) in [5.41, 5.74) is 5.46. The van der Waals surface area contributed by atoms with Gasteiger partial charge in [0.2, 0.25) is 5.91 Å². The first-order chi connectivity index (χ1) is 15.7. The first kappa shape index (κ1) is 18.6. The Morgan fingerprint density at radius 1 is 1.03 bits per heavy atom. The molecule has 5 heterocycles. The summed E-state index contributed by atoms with van der Waals surface area (Å²) in [6.07, 6.45) is 12.8. The predicted molar refractivity (Wildman–Crippen MR) is 121 cm³/mol. The number of H-pyrrole nitrogens is 2. The molecule has 0 atom stereocenters. The Labute approximate surface area is 182 Å². The molecule has 32 heavy (non-hydrogen) atoms. The molecule has 0 bridgehead atoms. The minimum Gasteiger partial charge on any atom is -0.335 e. The molecule has 1 saturated carbocycles. The van der Waals surface area contributed by atoms with Crippen LogP contribution in [0.4, 0.5) is 5.69 Å². The fourth-order valence-electron chi connectivity index (χ4n) is 4.31. The number of anilines is 1. The van der Waals surface area contributed by atoms with Gasteiger partial charge in [-0.2, -0.15) is 5.10 Å². The molecule has 1 aliphatic rings. The van der Waals surface area contributed by atoms with Gasteiger partial charge in [-0.25, -0.2) is 9.97 Å². The molecule has 0 unspecified atom stereocenters. The van der Waals surface area contributed by atoms with Crippen molar-refractivity contribution >= 4 is 33.7 Å². The number of hydrogen-bond donors (Lipinski definition) is 3. The number of carbonyl (C=O) groups is 1. The lowest BCUT2D eigenvalue weighted by Crippen LogP contribution is -2.20. The molecule has 5 aromatic heterocycles. The second-order valence-corrected chi connectivity index (χ2v) is 8.10. The molecule has 9 heteroatoms. The lowest BCUT2D eigenvalue weighted by Gasteiger charge is -2.11. The number of hydrogen-bond acceptors (Lipinski definition) is 6. The van der Waals surface area contributed by atoms with Gasteiger partial charge in [0.25, 0.3) is 0 Å². The van der Waals surface area contributed by atoms with Crippen molar-refractivity contribution in [3.8, 4) is 22.6 Å².